The maximum atomic E-state index is 12.5. The molecule has 1 spiro atoms. The number of likely N-dealkylation sites (tertiary alicyclic amines) is 1. The van der Waals surface area contributed by atoms with Gasteiger partial charge in [-0.05, 0) is 56.3 Å². The molecule has 0 radical (unpaired) electrons. The van der Waals surface area contributed by atoms with Crippen LogP contribution < -0.4 is 0 Å². The first kappa shape index (κ1) is 15.8. The van der Waals surface area contributed by atoms with Crippen LogP contribution in [0.5, 0.6) is 0 Å². The van der Waals surface area contributed by atoms with Gasteiger partial charge in [-0.3, -0.25) is 4.79 Å². The van der Waals surface area contributed by atoms with Gasteiger partial charge in [-0.15, -0.1) is 0 Å². The van der Waals surface area contributed by atoms with Gasteiger partial charge in [0, 0.05) is 25.9 Å². The molecular formula is C18H29NO3. The van der Waals surface area contributed by atoms with E-state index in [-0.39, 0.29) is 11.5 Å². The fourth-order valence-corrected chi connectivity index (χ4v) is 5.28. The van der Waals surface area contributed by atoms with Crippen molar-refractivity contribution in [2.24, 2.45) is 29.1 Å². The summed E-state index contributed by atoms with van der Waals surface area (Å²) in [5.74, 6) is 2.46. The van der Waals surface area contributed by atoms with Gasteiger partial charge in [0.05, 0.1) is 0 Å². The first-order valence-electron chi connectivity index (χ1n) is 8.62. The average Bonchev–Trinajstić information content (AvgIpc) is 2.32. The number of rotatable bonds is 0. The molecule has 1 heterocycles. The number of amides is 1. The van der Waals surface area contributed by atoms with Gasteiger partial charge in [-0.25, -0.2) is 4.79 Å². The number of ketones is 1. The monoisotopic (exact) mass is 307 g/mol. The number of ether oxygens (including phenoxy) is 1. The Morgan fingerprint density at radius 3 is 2.05 bits per heavy atom. The first-order valence-corrected chi connectivity index (χ1v) is 8.62. The molecule has 1 saturated heterocycles. The Bertz CT molecular complexity index is 465. The Labute approximate surface area is 133 Å². The van der Waals surface area contributed by atoms with Crippen LogP contribution in [0.25, 0.3) is 0 Å². The van der Waals surface area contributed by atoms with Crippen molar-refractivity contribution in [2.45, 2.75) is 59.5 Å². The minimum Gasteiger partial charge on any atom is -0.444 e. The molecule has 0 aromatic carbocycles. The van der Waals surface area contributed by atoms with Gasteiger partial charge in [-0.1, -0.05) is 13.8 Å². The van der Waals surface area contributed by atoms with Gasteiger partial charge in [-0.2, -0.15) is 0 Å². The number of hydrogen-bond acceptors (Lipinski definition) is 3. The highest BCUT2D eigenvalue weighted by Crippen LogP contribution is 2.62. The zero-order valence-electron chi connectivity index (χ0n) is 14.5. The molecule has 3 fully saturated rings. The molecule has 4 unspecified atom stereocenters. The summed E-state index contributed by atoms with van der Waals surface area (Å²) in [6.07, 6.45) is 2.50. The second-order valence-electron chi connectivity index (χ2n) is 8.91. The predicted molar refractivity (Wildman–Crippen MR) is 84.4 cm³/mol. The highest BCUT2D eigenvalue weighted by atomic mass is 16.6. The maximum Gasteiger partial charge on any atom is 0.410 e. The zero-order chi connectivity index (χ0) is 16.3. The summed E-state index contributed by atoms with van der Waals surface area (Å²) in [6, 6.07) is 0. The molecular weight excluding hydrogens is 278 g/mol. The summed E-state index contributed by atoms with van der Waals surface area (Å²) in [4.78, 5) is 26.1. The summed E-state index contributed by atoms with van der Waals surface area (Å²) in [5.41, 5.74) is -0.280. The number of carbonyl (C=O) groups is 2. The fourth-order valence-electron chi connectivity index (χ4n) is 5.28. The Balaban J connectivity index is 1.81. The number of nitrogens with zero attached hydrogens (tertiary/aromatic N) is 1. The van der Waals surface area contributed by atoms with E-state index in [4.69, 9.17) is 4.74 Å². The third-order valence-corrected chi connectivity index (χ3v) is 6.13. The van der Waals surface area contributed by atoms with Gasteiger partial charge in [0.25, 0.3) is 0 Å². The van der Waals surface area contributed by atoms with Crippen LogP contribution in [-0.2, 0) is 9.53 Å². The van der Waals surface area contributed by atoms with Crippen molar-refractivity contribution in [2.75, 3.05) is 13.1 Å². The lowest BCUT2D eigenvalue weighted by Gasteiger charge is -2.63. The van der Waals surface area contributed by atoms with Gasteiger partial charge < -0.3 is 9.64 Å². The lowest BCUT2D eigenvalue weighted by Crippen LogP contribution is -2.65. The molecule has 3 aliphatic rings. The molecule has 22 heavy (non-hydrogen) atoms. The highest BCUT2D eigenvalue weighted by Gasteiger charge is 2.62. The zero-order valence-corrected chi connectivity index (χ0v) is 14.5. The smallest absolute Gasteiger partial charge is 0.410 e. The number of Topliss-reactive ketones (excluding diaryl/α,β-unsaturated/α-hetero) is 1. The van der Waals surface area contributed by atoms with Gasteiger partial charge in [0.15, 0.2) is 0 Å². The SMILES string of the molecule is CC1CC(C)C2CN(C(=O)OC(C)(C)C)CC1C21CC(=O)C1. The second-order valence-corrected chi connectivity index (χ2v) is 8.91. The van der Waals surface area contributed by atoms with Crippen LogP contribution in [0.15, 0.2) is 0 Å². The van der Waals surface area contributed by atoms with E-state index in [1.54, 1.807) is 0 Å². The van der Waals surface area contributed by atoms with Crippen LogP contribution in [0.3, 0.4) is 0 Å². The molecule has 4 nitrogen and oxygen atoms in total. The maximum absolute atomic E-state index is 12.5. The Hall–Kier alpha value is -1.06. The molecule has 3 rings (SSSR count). The van der Waals surface area contributed by atoms with E-state index in [0.29, 0.717) is 29.5 Å². The molecule has 0 aromatic heterocycles. The third kappa shape index (κ3) is 2.44. The Kier molecular flexibility index (Phi) is 3.57. The molecule has 1 aliphatic heterocycles. The highest BCUT2D eigenvalue weighted by molar-refractivity contribution is 5.86. The molecule has 2 aliphatic carbocycles. The quantitative estimate of drug-likeness (QED) is 0.688. The summed E-state index contributed by atoms with van der Waals surface area (Å²) >= 11 is 0. The van der Waals surface area contributed by atoms with Crippen LogP contribution in [0.4, 0.5) is 4.79 Å². The van der Waals surface area contributed by atoms with E-state index in [2.05, 4.69) is 13.8 Å². The number of piperidine rings is 1. The molecule has 124 valence electrons. The molecule has 2 bridgehead atoms. The van der Waals surface area contributed by atoms with Crippen molar-refractivity contribution in [3.63, 3.8) is 0 Å². The number of carbonyl (C=O) groups excluding carboxylic acids is 2. The standard InChI is InChI=1S/C18H29NO3/c1-11-6-12(2)15-10-19(16(21)22-17(3,4)5)9-14(11)18(15)7-13(20)8-18/h11-12,14-15H,6-10H2,1-5H3. The van der Waals surface area contributed by atoms with Crippen molar-refractivity contribution in [1.29, 1.82) is 0 Å². The third-order valence-electron chi connectivity index (χ3n) is 6.13. The van der Waals surface area contributed by atoms with Gasteiger partial charge in [0.1, 0.15) is 11.4 Å². The van der Waals surface area contributed by atoms with E-state index in [9.17, 15) is 9.59 Å². The minimum absolute atomic E-state index is 0.173. The summed E-state index contributed by atoms with van der Waals surface area (Å²) < 4.78 is 5.57. The lowest BCUT2D eigenvalue weighted by atomic mass is 9.44. The minimum atomic E-state index is -0.453. The molecule has 4 heteroatoms. The van der Waals surface area contributed by atoms with Crippen molar-refractivity contribution in [1.82, 2.24) is 4.90 Å². The van der Waals surface area contributed by atoms with Gasteiger partial charge >= 0.3 is 6.09 Å². The van der Waals surface area contributed by atoms with E-state index in [0.717, 1.165) is 25.9 Å². The molecule has 4 atom stereocenters. The lowest BCUT2D eigenvalue weighted by molar-refractivity contribution is -0.169. The average molecular weight is 307 g/mol. The van der Waals surface area contributed by atoms with Crippen LogP contribution >= 0.6 is 0 Å². The van der Waals surface area contributed by atoms with Crippen molar-refractivity contribution in [3.05, 3.63) is 0 Å². The fraction of sp³-hybridized carbons (Fsp3) is 0.889. The van der Waals surface area contributed by atoms with Crippen LogP contribution in [0, 0.1) is 29.1 Å². The van der Waals surface area contributed by atoms with E-state index in [1.165, 1.54) is 6.42 Å². The topological polar surface area (TPSA) is 46.6 Å². The van der Waals surface area contributed by atoms with E-state index < -0.39 is 5.60 Å². The predicted octanol–water partition coefficient (Wildman–Crippen LogP) is 3.49. The molecule has 0 N–H and O–H groups in total. The summed E-state index contributed by atoms with van der Waals surface area (Å²) in [6.45, 7) is 11.8. The van der Waals surface area contributed by atoms with Crippen molar-refractivity contribution >= 4 is 11.9 Å². The Morgan fingerprint density at radius 1 is 1.14 bits per heavy atom. The second kappa shape index (κ2) is 4.97. The number of hydrogen-bond donors (Lipinski definition) is 0. The molecule has 1 amide bonds. The molecule has 2 saturated carbocycles. The van der Waals surface area contributed by atoms with Crippen molar-refractivity contribution < 1.29 is 14.3 Å². The molecule has 0 aromatic rings. The largest absolute Gasteiger partial charge is 0.444 e. The summed E-state index contributed by atoms with van der Waals surface area (Å²) in [7, 11) is 0. The first-order chi connectivity index (χ1) is 10.1. The van der Waals surface area contributed by atoms with Crippen LogP contribution in [-0.4, -0.2) is 35.5 Å². The van der Waals surface area contributed by atoms with Crippen LogP contribution in [0.2, 0.25) is 0 Å². The van der Waals surface area contributed by atoms with Gasteiger partial charge in [0.2, 0.25) is 0 Å². The normalized spacial score (nSPS) is 37.0. The van der Waals surface area contributed by atoms with Crippen molar-refractivity contribution in [3.8, 4) is 0 Å². The van der Waals surface area contributed by atoms with E-state index in [1.807, 2.05) is 25.7 Å². The Morgan fingerprint density at radius 2 is 1.64 bits per heavy atom. The summed E-state index contributed by atoms with van der Waals surface area (Å²) in [5, 5.41) is 0. The van der Waals surface area contributed by atoms with Crippen LogP contribution in [0.1, 0.15) is 53.9 Å². The van der Waals surface area contributed by atoms with E-state index >= 15 is 0 Å².